The lowest BCUT2D eigenvalue weighted by molar-refractivity contribution is -0.156. The minimum absolute atomic E-state index is 0.118. The molecule has 138 valence electrons. The molecule has 1 aromatic carbocycles. The van der Waals surface area contributed by atoms with Crippen molar-refractivity contribution in [3.8, 4) is 11.4 Å². The van der Waals surface area contributed by atoms with Crippen LogP contribution in [-0.2, 0) is 14.3 Å². The zero-order valence-electron chi connectivity index (χ0n) is 12.9. The first-order valence-corrected chi connectivity index (χ1v) is 8.31. The molecule has 2 fully saturated rings. The van der Waals surface area contributed by atoms with Crippen LogP contribution in [0.25, 0.3) is 5.69 Å². The van der Waals surface area contributed by atoms with E-state index in [2.05, 4.69) is 15.2 Å². The van der Waals surface area contributed by atoms with E-state index in [4.69, 9.17) is 33.3 Å². The van der Waals surface area contributed by atoms with Crippen LogP contribution in [0.2, 0.25) is 0 Å². The number of benzene rings is 1. The average Bonchev–Trinajstić information content (AvgIpc) is 3.16. The van der Waals surface area contributed by atoms with Gasteiger partial charge in [0.15, 0.2) is 5.78 Å². The maximum Gasteiger partial charge on any atom is 0.487 e. The monoisotopic (exact) mass is 404 g/mol. The Morgan fingerprint density at radius 1 is 1.31 bits per heavy atom. The number of aromatic nitrogens is 4. The molecule has 12 heteroatoms. The summed E-state index contributed by atoms with van der Waals surface area (Å²) in [5, 5.41) is 7.99. The van der Waals surface area contributed by atoms with Gasteiger partial charge in [-0.25, -0.2) is 4.68 Å². The van der Waals surface area contributed by atoms with Crippen molar-refractivity contribution in [3.63, 3.8) is 0 Å². The summed E-state index contributed by atoms with van der Waals surface area (Å²) in [5.74, 6) is -0.295. The third-order valence-corrected chi connectivity index (χ3v) is 4.48. The van der Waals surface area contributed by atoms with Crippen LogP contribution in [0.3, 0.4) is 0 Å². The molecular formula is C14H11ClF2N4O4S. The summed E-state index contributed by atoms with van der Waals surface area (Å²) in [6.45, 7) is 0.272. The van der Waals surface area contributed by atoms with Gasteiger partial charge >= 0.3 is 5.57 Å². The first-order chi connectivity index (χ1) is 12.3. The van der Waals surface area contributed by atoms with Gasteiger partial charge in [-0.05, 0) is 46.9 Å². The van der Waals surface area contributed by atoms with Crippen LogP contribution in [0, 0.1) is 4.77 Å². The van der Waals surface area contributed by atoms with Gasteiger partial charge in [-0.3, -0.25) is 4.79 Å². The Balaban J connectivity index is 1.60. The van der Waals surface area contributed by atoms with Crippen LogP contribution < -0.4 is 4.74 Å². The van der Waals surface area contributed by atoms with E-state index < -0.39 is 17.9 Å². The molecule has 2 aromatic rings. The number of halogens is 3. The number of hydrogen-bond acceptors (Lipinski definition) is 7. The summed E-state index contributed by atoms with van der Waals surface area (Å²) < 4.78 is 43.3. The molecule has 0 saturated carbocycles. The van der Waals surface area contributed by atoms with E-state index in [1.54, 1.807) is 0 Å². The number of fused-ring (bicyclic) bond motifs is 2. The molecule has 1 aromatic heterocycles. The highest BCUT2D eigenvalue weighted by Gasteiger charge is 2.45. The maximum atomic E-state index is 12.7. The molecule has 8 nitrogen and oxygen atoms in total. The highest BCUT2D eigenvalue weighted by Crippen LogP contribution is 2.32. The number of ether oxygens (including phenoxy) is 3. The number of carbonyl (C=O) groups is 1. The van der Waals surface area contributed by atoms with Gasteiger partial charge in [0.1, 0.15) is 11.9 Å². The molecule has 26 heavy (non-hydrogen) atoms. The van der Waals surface area contributed by atoms with Crippen LogP contribution in [-0.4, -0.2) is 50.1 Å². The molecule has 2 aliphatic rings. The van der Waals surface area contributed by atoms with Gasteiger partial charge in [0.05, 0.1) is 18.3 Å². The number of hydrogen-bond donors (Lipinski definition) is 0. The van der Waals surface area contributed by atoms with E-state index in [1.165, 1.54) is 33.6 Å². The second-order valence-electron chi connectivity index (χ2n) is 5.74. The highest BCUT2D eigenvalue weighted by molar-refractivity contribution is 7.71. The van der Waals surface area contributed by atoms with Gasteiger partial charge in [0.2, 0.25) is 11.1 Å². The first kappa shape index (κ1) is 17.5. The van der Waals surface area contributed by atoms with E-state index in [1.807, 2.05) is 0 Å². The van der Waals surface area contributed by atoms with Crippen molar-refractivity contribution < 1.29 is 27.8 Å². The highest BCUT2D eigenvalue weighted by atomic mass is 35.5. The summed E-state index contributed by atoms with van der Waals surface area (Å²) in [4.78, 5) is 11.9. The lowest BCUT2D eigenvalue weighted by Crippen LogP contribution is -2.37. The maximum absolute atomic E-state index is 12.7. The second kappa shape index (κ2) is 6.34. The Morgan fingerprint density at radius 3 is 2.73 bits per heavy atom. The van der Waals surface area contributed by atoms with Crippen molar-refractivity contribution in [2.45, 2.75) is 30.4 Å². The number of carbonyl (C=O) groups excluding carboxylic acids is 1. The molecule has 2 bridgehead atoms. The van der Waals surface area contributed by atoms with Crippen LogP contribution >= 0.6 is 23.8 Å². The summed E-state index contributed by atoms with van der Waals surface area (Å²) >= 11 is 10.1. The van der Waals surface area contributed by atoms with Gasteiger partial charge in [-0.1, -0.05) is 0 Å². The summed E-state index contributed by atoms with van der Waals surface area (Å²) in [7, 11) is 0. The molecule has 3 atom stereocenters. The number of tetrazole rings is 1. The van der Waals surface area contributed by atoms with Crippen molar-refractivity contribution in [2.24, 2.45) is 0 Å². The lowest BCUT2D eigenvalue weighted by atomic mass is 10.0. The van der Waals surface area contributed by atoms with Crippen molar-refractivity contribution in [1.29, 1.82) is 0 Å². The van der Waals surface area contributed by atoms with E-state index in [9.17, 15) is 13.6 Å². The fraction of sp³-hybridized carbons (Fsp3) is 0.429. The Morgan fingerprint density at radius 2 is 2.04 bits per heavy atom. The minimum Gasteiger partial charge on any atom is -0.420 e. The third kappa shape index (κ3) is 3.22. The average molecular weight is 405 g/mol. The summed E-state index contributed by atoms with van der Waals surface area (Å²) in [6, 6.07) is 5.14. The SMILES string of the molecule is O=C1C[C@H](n2nnn(-c3ccc(OC(F)(F)Cl)cc3)c2=S)[C@@H]2CO[C@@H]1O2. The van der Waals surface area contributed by atoms with Crippen LogP contribution in [0.1, 0.15) is 12.5 Å². The lowest BCUT2D eigenvalue weighted by Gasteiger charge is -2.25. The summed E-state index contributed by atoms with van der Waals surface area (Å²) in [5.41, 5.74) is -3.31. The van der Waals surface area contributed by atoms with Crippen molar-refractivity contribution in [3.05, 3.63) is 29.0 Å². The number of nitrogens with zero attached hydrogens (tertiary/aromatic N) is 4. The molecule has 2 aliphatic heterocycles. The van der Waals surface area contributed by atoms with Crippen LogP contribution in [0.15, 0.2) is 24.3 Å². The minimum atomic E-state index is -3.80. The molecule has 0 spiro atoms. The van der Waals surface area contributed by atoms with Gasteiger partial charge in [0, 0.05) is 18.0 Å². The number of alkyl halides is 3. The Hall–Kier alpha value is -1.95. The van der Waals surface area contributed by atoms with Crippen molar-refractivity contribution in [1.82, 2.24) is 19.8 Å². The zero-order valence-corrected chi connectivity index (χ0v) is 14.5. The van der Waals surface area contributed by atoms with E-state index in [0.29, 0.717) is 5.69 Å². The second-order valence-corrected chi connectivity index (χ2v) is 6.54. The van der Waals surface area contributed by atoms with Crippen molar-refractivity contribution in [2.75, 3.05) is 6.61 Å². The Kier molecular flexibility index (Phi) is 4.26. The molecule has 4 rings (SSSR count). The topological polar surface area (TPSA) is 80.4 Å². The molecule has 0 radical (unpaired) electrons. The van der Waals surface area contributed by atoms with Crippen LogP contribution in [0.5, 0.6) is 5.75 Å². The quantitative estimate of drug-likeness (QED) is 0.571. The van der Waals surface area contributed by atoms with E-state index in [0.717, 1.165) is 0 Å². The molecule has 3 heterocycles. The normalized spacial score (nSPS) is 25.5. The van der Waals surface area contributed by atoms with Gasteiger partial charge in [-0.15, -0.1) is 8.78 Å². The fourth-order valence-electron chi connectivity index (χ4n) is 2.88. The Labute approximate surface area is 155 Å². The number of rotatable bonds is 4. The number of ketones is 1. The van der Waals surface area contributed by atoms with Crippen LogP contribution in [0.4, 0.5) is 8.78 Å². The standard InChI is InChI=1S/C14H11ClF2N4O4S/c15-14(16,17)25-8-3-1-7(2-4-8)20-13(26)21(19-18-20)9-5-10(22)12-23-6-11(9)24-12/h1-4,9,11-12H,5-6H2/t9-,11-,12+/m0/s1. The largest absolute Gasteiger partial charge is 0.487 e. The van der Waals surface area contributed by atoms with E-state index >= 15 is 0 Å². The molecule has 0 N–H and O–H groups in total. The molecule has 0 unspecified atom stereocenters. The fourth-order valence-corrected chi connectivity index (χ4v) is 3.29. The van der Waals surface area contributed by atoms with E-state index in [-0.39, 0.29) is 35.4 Å². The first-order valence-electron chi connectivity index (χ1n) is 7.52. The zero-order chi connectivity index (χ0) is 18.5. The number of Topliss-reactive ketones (excluding diaryl/α,β-unsaturated/α-hetero) is 1. The summed E-state index contributed by atoms with van der Waals surface area (Å²) in [6.07, 6.45) is -0.968. The molecule has 0 aliphatic carbocycles. The smallest absolute Gasteiger partial charge is 0.420 e. The Bertz CT molecular complexity index is 898. The van der Waals surface area contributed by atoms with Gasteiger partial charge < -0.3 is 14.2 Å². The van der Waals surface area contributed by atoms with Gasteiger partial charge in [0.25, 0.3) is 0 Å². The predicted molar refractivity (Wildman–Crippen MR) is 84.9 cm³/mol. The molecule has 0 amide bonds. The molecule has 2 saturated heterocycles. The van der Waals surface area contributed by atoms with Crippen molar-refractivity contribution >= 4 is 29.6 Å². The third-order valence-electron chi connectivity index (χ3n) is 4.04. The predicted octanol–water partition coefficient (Wildman–Crippen LogP) is 2.22. The van der Waals surface area contributed by atoms with Gasteiger partial charge in [-0.2, -0.15) is 4.68 Å². The molecular weight excluding hydrogens is 394 g/mol.